The lowest BCUT2D eigenvalue weighted by molar-refractivity contribution is -0.151. The zero-order valence-electron chi connectivity index (χ0n) is 15.8. The van der Waals surface area contributed by atoms with Crippen LogP contribution in [0.2, 0.25) is 0 Å². The number of nitrogens with zero attached hydrogens (tertiary/aromatic N) is 1. The topological polar surface area (TPSA) is 83.9 Å². The molecular formula is C22H23NO5. The molecule has 146 valence electrons. The van der Waals surface area contributed by atoms with Gasteiger partial charge in [0.25, 0.3) is 0 Å². The third-order valence-electron chi connectivity index (χ3n) is 4.90. The Balaban J connectivity index is 1.56. The molecule has 0 aromatic heterocycles. The summed E-state index contributed by atoms with van der Waals surface area (Å²) in [6, 6.07) is 13.7. The van der Waals surface area contributed by atoms with Crippen molar-refractivity contribution in [1.82, 2.24) is 4.90 Å². The molecule has 2 aromatic rings. The Morgan fingerprint density at radius 1 is 1.11 bits per heavy atom. The van der Waals surface area contributed by atoms with Gasteiger partial charge in [-0.2, -0.15) is 0 Å². The van der Waals surface area contributed by atoms with E-state index in [2.05, 4.69) is 0 Å². The molecule has 0 saturated heterocycles. The summed E-state index contributed by atoms with van der Waals surface area (Å²) in [7, 11) is 0. The first-order valence-electron chi connectivity index (χ1n) is 9.28. The molecule has 0 spiro atoms. The van der Waals surface area contributed by atoms with Crippen molar-refractivity contribution in [3.8, 4) is 5.75 Å². The molecule has 6 heteroatoms. The van der Waals surface area contributed by atoms with Gasteiger partial charge in [-0.25, -0.2) is 4.79 Å². The number of carboxylic acids is 1. The number of carbonyl (C=O) groups is 3. The van der Waals surface area contributed by atoms with Crippen molar-refractivity contribution in [2.24, 2.45) is 0 Å². The van der Waals surface area contributed by atoms with E-state index in [1.54, 1.807) is 24.3 Å². The van der Waals surface area contributed by atoms with Crippen molar-refractivity contribution in [2.45, 2.75) is 38.8 Å². The molecule has 1 unspecified atom stereocenters. The van der Waals surface area contributed by atoms with Gasteiger partial charge in [0.2, 0.25) is 5.91 Å². The van der Waals surface area contributed by atoms with E-state index in [1.807, 2.05) is 24.3 Å². The Morgan fingerprint density at radius 3 is 2.57 bits per heavy atom. The number of carboxylic acid groups (broad SMARTS) is 1. The minimum atomic E-state index is -0.986. The number of ether oxygens (including phenoxy) is 1. The minimum absolute atomic E-state index is 0.0364. The summed E-state index contributed by atoms with van der Waals surface area (Å²) < 4.78 is 5.63. The average molecular weight is 381 g/mol. The van der Waals surface area contributed by atoms with Gasteiger partial charge < -0.3 is 14.7 Å². The fraction of sp³-hybridized carbons (Fsp3) is 0.318. The first kappa shape index (κ1) is 19.6. The first-order valence-corrected chi connectivity index (χ1v) is 9.28. The van der Waals surface area contributed by atoms with Crippen LogP contribution in [-0.2, 0) is 22.6 Å². The normalized spacial score (nSPS) is 15.6. The molecule has 28 heavy (non-hydrogen) atoms. The number of carbonyl (C=O) groups excluding carboxylic acids is 2. The van der Waals surface area contributed by atoms with Gasteiger partial charge in [-0.15, -0.1) is 0 Å². The van der Waals surface area contributed by atoms with Crippen LogP contribution in [0.5, 0.6) is 5.75 Å². The van der Waals surface area contributed by atoms with E-state index in [-0.39, 0.29) is 18.1 Å². The van der Waals surface area contributed by atoms with Gasteiger partial charge in [0.1, 0.15) is 11.8 Å². The molecule has 0 radical (unpaired) electrons. The molecule has 0 saturated carbocycles. The summed E-state index contributed by atoms with van der Waals surface area (Å²) in [6.07, 6.45) is 0.998. The highest BCUT2D eigenvalue weighted by atomic mass is 16.5. The average Bonchev–Trinajstić information content (AvgIpc) is 2.70. The largest absolute Gasteiger partial charge is 0.494 e. The predicted octanol–water partition coefficient (Wildman–Crippen LogP) is 3.09. The zero-order valence-corrected chi connectivity index (χ0v) is 15.8. The van der Waals surface area contributed by atoms with Crippen LogP contribution in [-0.4, -0.2) is 40.3 Å². The summed E-state index contributed by atoms with van der Waals surface area (Å²) in [6.45, 7) is 2.12. The number of benzene rings is 2. The summed E-state index contributed by atoms with van der Waals surface area (Å²) in [5.41, 5.74) is 2.54. The zero-order chi connectivity index (χ0) is 20.1. The van der Waals surface area contributed by atoms with Gasteiger partial charge in [-0.05, 0) is 36.6 Å². The fourth-order valence-electron chi connectivity index (χ4n) is 3.37. The van der Waals surface area contributed by atoms with Gasteiger partial charge in [-0.1, -0.05) is 36.4 Å². The maximum absolute atomic E-state index is 12.6. The monoisotopic (exact) mass is 381 g/mol. The number of fused-ring (bicyclic) bond motifs is 1. The molecular weight excluding hydrogens is 358 g/mol. The van der Waals surface area contributed by atoms with Gasteiger partial charge in [0.05, 0.1) is 6.61 Å². The molecule has 2 aromatic carbocycles. The maximum atomic E-state index is 12.6. The lowest BCUT2D eigenvalue weighted by atomic mass is 9.93. The van der Waals surface area contributed by atoms with Crippen molar-refractivity contribution >= 4 is 17.7 Å². The number of amides is 1. The van der Waals surface area contributed by atoms with Crippen molar-refractivity contribution in [3.05, 3.63) is 65.2 Å². The Labute approximate surface area is 163 Å². The Hall–Kier alpha value is -3.15. The lowest BCUT2D eigenvalue weighted by Crippen LogP contribution is -2.48. The highest BCUT2D eigenvalue weighted by molar-refractivity contribution is 5.94. The van der Waals surface area contributed by atoms with Gasteiger partial charge in [0.15, 0.2) is 5.78 Å². The Bertz CT molecular complexity index is 892. The SMILES string of the molecule is CC(=O)c1cccc(OCCCC(=O)N2Cc3ccccc3CC2C(=O)O)c1. The number of ketones is 1. The van der Waals surface area contributed by atoms with Gasteiger partial charge >= 0.3 is 5.97 Å². The third kappa shape index (κ3) is 4.57. The van der Waals surface area contributed by atoms with Crippen LogP contribution in [0, 0.1) is 0 Å². The second-order valence-electron chi connectivity index (χ2n) is 6.88. The van der Waals surface area contributed by atoms with Crippen molar-refractivity contribution in [2.75, 3.05) is 6.61 Å². The van der Waals surface area contributed by atoms with E-state index >= 15 is 0 Å². The van der Waals surface area contributed by atoms with E-state index in [0.717, 1.165) is 11.1 Å². The third-order valence-corrected chi connectivity index (χ3v) is 4.90. The summed E-state index contributed by atoms with van der Waals surface area (Å²) >= 11 is 0. The molecule has 1 N–H and O–H groups in total. The number of rotatable bonds is 7. The lowest BCUT2D eigenvalue weighted by Gasteiger charge is -2.34. The molecule has 6 nitrogen and oxygen atoms in total. The van der Waals surface area contributed by atoms with E-state index in [0.29, 0.717) is 37.3 Å². The second-order valence-corrected chi connectivity index (χ2v) is 6.88. The van der Waals surface area contributed by atoms with Crippen LogP contribution in [0.3, 0.4) is 0 Å². The highest BCUT2D eigenvalue weighted by Gasteiger charge is 2.33. The summed E-state index contributed by atoms with van der Waals surface area (Å²) in [4.78, 5) is 37.1. The van der Waals surface area contributed by atoms with Crippen LogP contribution in [0.4, 0.5) is 0 Å². The van der Waals surface area contributed by atoms with Crippen LogP contribution < -0.4 is 4.74 Å². The summed E-state index contributed by atoms with van der Waals surface area (Å²) in [5, 5.41) is 9.53. The second kappa shape index (κ2) is 8.69. The molecule has 0 aliphatic carbocycles. The van der Waals surface area contributed by atoms with Crippen LogP contribution in [0.15, 0.2) is 48.5 Å². The van der Waals surface area contributed by atoms with Crippen molar-refractivity contribution in [3.63, 3.8) is 0 Å². The number of Topliss-reactive ketones (excluding diaryl/α,β-unsaturated/α-hetero) is 1. The molecule has 1 heterocycles. The van der Waals surface area contributed by atoms with Crippen molar-refractivity contribution < 1.29 is 24.2 Å². The molecule has 1 amide bonds. The molecule has 0 fully saturated rings. The predicted molar refractivity (Wildman–Crippen MR) is 103 cm³/mol. The Morgan fingerprint density at radius 2 is 1.86 bits per heavy atom. The quantitative estimate of drug-likeness (QED) is 0.589. The first-order chi connectivity index (χ1) is 13.5. The minimum Gasteiger partial charge on any atom is -0.494 e. The van der Waals surface area contributed by atoms with Crippen LogP contribution in [0.25, 0.3) is 0 Å². The maximum Gasteiger partial charge on any atom is 0.326 e. The standard InChI is InChI=1S/C22H23NO5/c1-15(24)16-8-4-9-19(12-16)28-11-5-10-21(25)23-14-18-7-3-2-6-17(18)13-20(23)22(26)27/h2-4,6-9,12,20H,5,10-11,13-14H2,1H3,(H,26,27). The number of aliphatic carboxylic acids is 1. The van der Waals surface area contributed by atoms with Crippen molar-refractivity contribution in [1.29, 1.82) is 0 Å². The van der Waals surface area contributed by atoms with E-state index in [9.17, 15) is 19.5 Å². The molecule has 1 aliphatic rings. The molecule has 1 aliphatic heterocycles. The molecule has 3 rings (SSSR count). The number of hydrogen-bond donors (Lipinski definition) is 1. The van der Waals surface area contributed by atoms with E-state index in [4.69, 9.17) is 4.74 Å². The summed E-state index contributed by atoms with van der Waals surface area (Å²) in [5.74, 6) is -0.635. The highest BCUT2D eigenvalue weighted by Crippen LogP contribution is 2.24. The van der Waals surface area contributed by atoms with E-state index in [1.165, 1.54) is 11.8 Å². The van der Waals surface area contributed by atoms with Gasteiger partial charge in [0, 0.05) is 24.9 Å². The molecule has 1 atom stereocenters. The van der Waals surface area contributed by atoms with Crippen LogP contribution in [0.1, 0.15) is 41.3 Å². The van der Waals surface area contributed by atoms with E-state index < -0.39 is 12.0 Å². The molecule has 0 bridgehead atoms. The number of hydrogen-bond acceptors (Lipinski definition) is 4. The van der Waals surface area contributed by atoms with Gasteiger partial charge in [-0.3, -0.25) is 9.59 Å². The smallest absolute Gasteiger partial charge is 0.326 e. The fourth-order valence-corrected chi connectivity index (χ4v) is 3.37. The van der Waals surface area contributed by atoms with Crippen LogP contribution >= 0.6 is 0 Å². The Kier molecular flexibility index (Phi) is 6.09.